The molecule has 15 rings (SSSR count). The van der Waals surface area contributed by atoms with E-state index in [2.05, 4.69) is 215 Å². The molecule has 0 aliphatic rings. The Morgan fingerprint density at radius 3 is 1.06 bits per heavy atom. The Bertz CT molecular complexity index is 4200. The van der Waals surface area contributed by atoms with Gasteiger partial charge in [0.1, 0.15) is 0 Å². The smallest absolute Gasteiger partial charge is 0.0634 e. The summed E-state index contributed by atoms with van der Waals surface area (Å²) >= 11 is 0. The zero-order chi connectivity index (χ0) is 43.7. The fraction of sp³-hybridized carbons (Fsp3) is 0.129. The van der Waals surface area contributed by atoms with Gasteiger partial charge in [-0.2, -0.15) is 0 Å². The van der Waals surface area contributed by atoms with E-state index in [1.807, 2.05) is 0 Å². The average molecular weight is 847 g/mol. The highest BCUT2D eigenvalue weighted by molar-refractivity contribution is 6.40. The molecule has 6 aromatic heterocycles. The van der Waals surface area contributed by atoms with Crippen molar-refractivity contribution >= 4 is 120 Å². The largest absolute Gasteiger partial charge is 0.340 e. The summed E-state index contributed by atoms with van der Waals surface area (Å²) < 4.78 is 10.6. The lowest BCUT2D eigenvalue weighted by atomic mass is 9.89. The van der Waals surface area contributed by atoms with Gasteiger partial charge in [0.2, 0.25) is 0 Å². The summed E-state index contributed by atoms with van der Waals surface area (Å²) in [6.07, 6.45) is 0. The molecule has 0 amide bonds. The Balaban J connectivity index is 1.23. The summed E-state index contributed by atoms with van der Waals surface area (Å²) in [7, 11) is 0. The van der Waals surface area contributed by atoms with E-state index in [0.717, 1.165) is 13.1 Å². The molecule has 0 saturated carbocycles. The highest BCUT2D eigenvalue weighted by Crippen LogP contribution is 2.55. The van der Waals surface area contributed by atoms with E-state index in [1.165, 1.54) is 142 Å². The number of rotatable bonds is 6. The van der Waals surface area contributed by atoms with Crippen LogP contribution in [0.25, 0.3) is 142 Å². The second-order valence-electron chi connectivity index (χ2n) is 19.8. The highest BCUT2D eigenvalue weighted by Gasteiger charge is 2.32. The second kappa shape index (κ2) is 12.9. The van der Waals surface area contributed by atoms with Crippen LogP contribution in [0.3, 0.4) is 0 Å². The first-order valence-corrected chi connectivity index (χ1v) is 23.8. The van der Waals surface area contributed by atoms with Gasteiger partial charge in [0.15, 0.2) is 0 Å². The first-order chi connectivity index (χ1) is 32.5. The zero-order valence-electron chi connectivity index (χ0n) is 37.5. The molecule has 6 heterocycles. The molecular weight excluding hydrogens is 801 g/mol. The first-order valence-electron chi connectivity index (χ1n) is 23.8. The van der Waals surface area contributed by atoms with Crippen molar-refractivity contribution in [3.05, 3.63) is 170 Å². The summed E-state index contributed by atoms with van der Waals surface area (Å²) in [5, 5.41) is 15.8. The topological polar surface area (TPSA) is 18.7 Å². The number of benzene rings is 9. The minimum absolute atomic E-state index is 0.490. The summed E-state index contributed by atoms with van der Waals surface area (Å²) in [6.45, 7) is 11.3. The van der Waals surface area contributed by atoms with Crippen molar-refractivity contribution in [2.75, 3.05) is 0 Å². The van der Waals surface area contributed by atoms with E-state index in [9.17, 15) is 0 Å². The third kappa shape index (κ3) is 4.44. The van der Waals surface area contributed by atoms with Gasteiger partial charge in [-0.15, -0.1) is 0 Å². The fourth-order valence-corrected chi connectivity index (χ4v) is 12.8. The Morgan fingerprint density at radius 2 is 0.652 bits per heavy atom. The van der Waals surface area contributed by atoms with Crippen molar-refractivity contribution in [3.8, 4) is 22.3 Å². The van der Waals surface area contributed by atoms with Gasteiger partial charge in [-0.25, -0.2) is 0 Å². The molecule has 0 bridgehead atoms. The minimum atomic E-state index is 0.490. The highest BCUT2D eigenvalue weighted by atomic mass is 15.0. The number of nitrogens with zero attached hydrogens (tertiary/aromatic N) is 4. The maximum Gasteiger partial charge on any atom is 0.0634 e. The molecule has 0 radical (unpaired) electrons. The van der Waals surface area contributed by atoms with Gasteiger partial charge in [0, 0.05) is 99.9 Å². The molecule has 0 N–H and O–H groups in total. The van der Waals surface area contributed by atoms with Crippen molar-refractivity contribution in [1.82, 2.24) is 17.9 Å². The molecule has 0 aliphatic carbocycles. The van der Waals surface area contributed by atoms with E-state index >= 15 is 0 Å². The van der Waals surface area contributed by atoms with E-state index in [4.69, 9.17) is 0 Å². The van der Waals surface area contributed by atoms with Crippen LogP contribution in [0.15, 0.2) is 170 Å². The third-order valence-corrected chi connectivity index (χ3v) is 15.0. The van der Waals surface area contributed by atoms with Crippen molar-refractivity contribution in [3.63, 3.8) is 0 Å². The second-order valence-corrected chi connectivity index (χ2v) is 19.8. The Hall–Kier alpha value is -7.82. The minimum Gasteiger partial charge on any atom is -0.340 e. The number of fused-ring (bicyclic) bond motifs is 20. The molecule has 0 unspecified atom stereocenters. The SMILES string of the molecule is CC(C)Cn1c2ccccc2c2ccc3c(c4cccc5c6c(-c7ccccc7)c7c(c(-c8ccccc8)c6n3c54)c3cccc4c5c6c(ccc5n7c34)c3ccccc3n6CC(C)C)c21. The fourth-order valence-electron chi connectivity index (χ4n) is 12.8. The molecule has 0 atom stereocenters. The van der Waals surface area contributed by atoms with Crippen molar-refractivity contribution in [2.24, 2.45) is 11.8 Å². The summed E-state index contributed by atoms with van der Waals surface area (Å²) in [5.74, 6) is 0.979. The lowest BCUT2D eigenvalue weighted by Gasteiger charge is -2.16. The Morgan fingerprint density at radius 1 is 0.288 bits per heavy atom. The van der Waals surface area contributed by atoms with Crippen LogP contribution in [0.1, 0.15) is 27.7 Å². The van der Waals surface area contributed by atoms with Crippen LogP contribution in [-0.4, -0.2) is 17.9 Å². The van der Waals surface area contributed by atoms with Crippen LogP contribution in [0.4, 0.5) is 0 Å². The van der Waals surface area contributed by atoms with Crippen LogP contribution in [-0.2, 0) is 13.1 Å². The Kier molecular flexibility index (Phi) is 7.15. The lowest BCUT2D eigenvalue weighted by Crippen LogP contribution is -2.04. The maximum atomic E-state index is 2.67. The molecule has 314 valence electrons. The first kappa shape index (κ1) is 36.5. The molecular formula is C62H46N4. The van der Waals surface area contributed by atoms with Gasteiger partial charge >= 0.3 is 0 Å². The van der Waals surface area contributed by atoms with Gasteiger partial charge < -0.3 is 17.9 Å². The van der Waals surface area contributed by atoms with Gasteiger partial charge in [-0.1, -0.05) is 173 Å². The summed E-state index contributed by atoms with van der Waals surface area (Å²) in [6, 6.07) is 64.4. The van der Waals surface area contributed by atoms with Crippen molar-refractivity contribution in [2.45, 2.75) is 40.8 Å². The van der Waals surface area contributed by atoms with Crippen LogP contribution in [0, 0.1) is 11.8 Å². The van der Waals surface area contributed by atoms with Crippen LogP contribution in [0.2, 0.25) is 0 Å². The Labute approximate surface area is 380 Å². The lowest BCUT2D eigenvalue weighted by molar-refractivity contribution is 0.546. The molecule has 9 aromatic carbocycles. The molecule has 66 heavy (non-hydrogen) atoms. The number of hydrogen-bond acceptors (Lipinski definition) is 0. The van der Waals surface area contributed by atoms with Crippen LogP contribution < -0.4 is 0 Å². The van der Waals surface area contributed by atoms with Crippen molar-refractivity contribution in [1.29, 1.82) is 0 Å². The predicted octanol–water partition coefficient (Wildman–Crippen LogP) is 16.8. The van der Waals surface area contributed by atoms with Crippen LogP contribution >= 0.6 is 0 Å². The number of para-hydroxylation sites is 4. The molecule has 0 aliphatic heterocycles. The average Bonchev–Trinajstić information content (AvgIpc) is 4.18. The molecule has 15 aromatic rings. The monoisotopic (exact) mass is 846 g/mol. The molecule has 0 spiro atoms. The van der Waals surface area contributed by atoms with E-state index in [-0.39, 0.29) is 0 Å². The normalized spacial score (nSPS) is 12.9. The van der Waals surface area contributed by atoms with E-state index in [1.54, 1.807) is 0 Å². The van der Waals surface area contributed by atoms with Gasteiger partial charge in [-0.3, -0.25) is 0 Å². The summed E-state index contributed by atoms with van der Waals surface area (Å²) in [4.78, 5) is 0. The molecule has 0 fully saturated rings. The van der Waals surface area contributed by atoms with Gasteiger partial charge in [0.25, 0.3) is 0 Å². The predicted molar refractivity (Wildman–Crippen MR) is 282 cm³/mol. The molecule has 4 heteroatoms. The maximum absolute atomic E-state index is 2.67. The standard InChI is InChI=1S/C62H46N4/c1-35(2)33-63-47-27-13-11-21-39(47)41-29-31-49-53(59(41)63)43-23-15-25-45-55-52(38-19-9-6-10-20-38)62-56(51(37-17-7-5-8-18-37)61(55)65(49)57(43)45)46-26-16-24-44-54-50(66(62)58(44)46)32-30-42-40-22-12-14-28-48(40)64(60(42)54)34-36(3)4/h5-32,35-36H,33-34H2,1-4H3. The van der Waals surface area contributed by atoms with E-state index < -0.39 is 0 Å². The quantitative estimate of drug-likeness (QED) is 0.159. The molecule has 4 nitrogen and oxygen atoms in total. The third-order valence-electron chi connectivity index (χ3n) is 15.0. The number of aromatic nitrogens is 4. The molecule has 0 saturated heterocycles. The van der Waals surface area contributed by atoms with E-state index in [0.29, 0.717) is 11.8 Å². The number of hydrogen-bond donors (Lipinski definition) is 0. The summed E-state index contributed by atoms with van der Waals surface area (Å²) in [5.41, 5.74) is 18.0. The van der Waals surface area contributed by atoms with Crippen molar-refractivity contribution < 1.29 is 0 Å². The van der Waals surface area contributed by atoms with Crippen LogP contribution in [0.5, 0.6) is 0 Å². The zero-order valence-corrected chi connectivity index (χ0v) is 37.5. The van der Waals surface area contributed by atoms with Gasteiger partial charge in [0.05, 0.1) is 44.1 Å². The van der Waals surface area contributed by atoms with Gasteiger partial charge in [-0.05, 0) is 47.2 Å².